The number of aromatic nitrogens is 1. The van der Waals surface area contributed by atoms with Crippen molar-refractivity contribution >= 4 is 129 Å². The lowest BCUT2D eigenvalue weighted by atomic mass is 10.3. The molecular formula is C33H21N7O2S6. The minimum atomic E-state index is -0.185. The number of aryl methyl sites for hydroxylation is 1. The maximum absolute atomic E-state index is 9.22. The highest BCUT2D eigenvalue weighted by atomic mass is 32.1. The van der Waals surface area contributed by atoms with E-state index in [4.69, 9.17) is 9.47 Å². The normalized spacial score (nSPS) is 11.1. The second-order valence-corrected chi connectivity index (χ2v) is 16.6. The standard InChI is InChI=1S/C33H21N7O2S6/c1-4-6-41-18-8-24(38-16(12-34)13-35)47-28(18)20-10-22-30(43-20)26-32(45-22)33-27(40(26)3)31-23(46-33)11-21(44-31)29-19(42-7-5-2)9-25(48-29)39-17(14-36)15-37/h8-11H,4-7H2,1-3H3. The van der Waals surface area contributed by atoms with Crippen molar-refractivity contribution in [1.29, 1.82) is 21.0 Å². The summed E-state index contributed by atoms with van der Waals surface area (Å²) >= 11 is 9.85. The number of hydrogen-bond donors (Lipinski definition) is 0. The molecule has 0 aliphatic heterocycles. The van der Waals surface area contributed by atoms with Crippen LogP contribution in [0.1, 0.15) is 26.7 Å². The molecule has 0 aliphatic rings. The molecule has 236 valence electrons. The fourth-order valence-electron chi connectivity index (χ4n) is 5.19. The van der Waals surface area contributed by atoms with Crippen molar-refractivity contribution in [2.75, 3.05) is 13.2 Å². The first-order valence-corrected chi connectivity index (χ1v) is 19.5. The third-order valence-electron chi connectivity index (χ3n) is 7.17. The first-order valence-electron chi connectivity index (χ1n) is 14.6. The second kappa shape index (κ2) is 13.1. The van der Waals surface area contributed by atoms with E-state index in [-0.39, 0.29) is 11.4 Å². The van der Waals surface area contributed by atoms with Crippen LogP contribution in [-0.4, -0.2) is 29.2 Å². The topological polar surface area (TPSA) is 143 Å². The minimum Gasteiger partial charge on any atom is -0.492 e. The number of rotatable bonds is 10. The maximum atomic E-state index is 9.22. The van der Waals surface area contributed by atoms with E-state index in [0.717, 1.165) is 32.4 Å². The zero-order valence-electron chi connectivity index (χ0n) is 25.5. The van der Waals surface area contributed by atoms with Gasteiger partial charge in [-0.2, -0.15) is 21.0 Å². The molecule has 0 fully saturated rings. The molecule has 7 heterocycles. The zero-order chi connectivity index (χ0) is 33.5. The molecule has 15 heteroatoms. The van der Waals surface area contributed by atoms with Crippen molar-refractivity contribution < 1.29 is 9.47 Å². The van der Waals surface area contributed by atoms with Gasteiger partial charge in [0.05, 0.1) is 62.6 Å². The molecule has 0 amide bonds. The van der Waals surface area contributed by atoms with Crippen LogP contribution in [0.5, 0.6) is 11.5 Å². The van der Waals surface area contributed by atoms with Crippen LogP contribution in [0.2, 0.25) is 0 Å². The summed E-state index contributed by atoms with van der Waals surface area (Å²) in [4.78, 5) is 12.5. The van der Waals surface area contributed by atoms with Crippen LogP contribution in [0.15, 0.2) is 34.3 Å². The Kier molecular flexibility index (Phi) is 8.76. The van der Waals surface area contributed by atoms with Gasteiger partial charge in [0.25, 0.3) is 0 Å². The average molecular weight is 740 g/mol. The Balaban J connectivity index is 1.33. The van der Waals surface area contributed by atoms with Crippen LogP contribution in [0.25, 0.3) is 58.7 Å². The maximum Gasteiger partial charge on any atom is 0.219 e. The molecule has 0 aromatic carbocycles. The molecule has 0 bridgehead atoms. The lowest BCUT2D eigenvalue weighted by Crippen LogP contribution is -1.94. The fourth-order valence-corrected chi connectivity index (χ4v) is 12.9. The van der Waals surface area contributed by atoms with E-state index in [1.165, 1.54) is 61.9 Å². The lowest BCUT2D eigenvalue weighted by molar-refractivity contribution is 0.320. The summed E-state index contributed by atoms with van der Waals surface area (Å²) in [6, 6.07) is 15.4. The fraction of sp³-hybridized carbons (Fsp3) is 0.212. The molecule has 7 aromatic rings. The first-order chi connectivity index (χ1) is 23.4. The van der Waals surface area contributed by atoms with Gasteiger partial charge in [0.2, 0.25) is 11.4 Å². The Morgan fingerprint density at radius 3 is 1.42 bits per heavy atom. The summed E-state index contributed by atoms with van der Waals surface area (Å²) in [7, 11) is 2.12. The van der Waals surface area contributed by atoms with Crippen LogP contribution in [0, 0.1) is 45.3 Å². The number of aliphatic imine (C=N–C) groups is 2. The van der Waals surface area contributed by atoms with Crippen molar-refractivity contribution in [3.63, 3.8) is 0 Å². The highest BCUT2D eigenvalue weighted by Crippen LogP contribution is 2.55. The molecule has 7 rings (SSSR count). The molecule has 0 N–H and O–H groups in total. The largest absolute Gasteiger partial charge is 0.492 e. The summed E-state index contributed by atoms with van der Waals surface area (Å²) in [5.41, 5.74) is 2.03. The Morgan fingerprint density at radius 2 is 1.04 bits per heavy atom. The molecule has 48 heavy (non-hydrogen) atoms. The third kappa shape index (κ3) is 5.45. The summed E-state index contributed by atoms with van der Waals surface area (Å²) in [5.74, 6) is 1.42. The monoisotopic (exact) mass is 739 g/mol. The number of hydrogen-bond acceptors (Lipinski definition) is 14. The van der Waals surface area contributed by atoms with E-state index < -0.39 is 0 Å². The van der Waals surface area contributed by atoms with Gasteiger partial charge in [-0.05, 0) is 25.0 Å². The van der Waals surface area contributed by atoms with Gasteiger partial charge in [-0.3, -0.25) is 0 Å². The first kappa shape index (κ1) is 32.0. The number of ether oxygens (including phenoxy) is 2. The highest BCUT2D eigenvalue weighted by molar-refractivity contribution is 7.40. The van der Waals surface area contributed by atoms with Crippen molar-refractivity contribution in [1.82, 2.24) is 4.57 Å². The molecule has 0 saturated heterocycles. The number of thiophene rings is 6. The second-order valence-electron chi connectivity index (χ2n) is 10.3. The van der Waals surface area contributed by atoms with E-state index in [9.17, 15) is 21.0 Å². The van der Waals surface area contributed by atoms with E-state index in [1.54, 1.807) is 45.3 Å². The molecule has 0 unspecified atom stereocenters. The molecule has 7 aromatic heterocycles. The van der Waals surface area contributed by atoms with Gasteiger partial charge in [0.15, 0.2) is 0 Å². The van der Waals surface area contributed by atoms with E-state index >= 15 is 0 Å². The van der Waals surface area contributed by atoms with Gasteiger partial charge in [-0.15, -0.1) is 68.0 Å². The van der Waals surface area contributed by atoms with Crippen molar-refractivity contribution in [3.8, 4) is 55.3 Å². The third-order valence-corrected chi connectivity index (χ3v) is 14.5. The molecule has 0 saturated carbocycles. The molecule has 0 spiro atoms. The average Bonchev–Trinajstić information content (AvgIpc) is 3.93. The van der Waals surface area contributed by atoms with E-state index in [1.807, 2.05) is 36.4 Å². The Morgan fingerprint density at radius 1 is 0.625 bits per heavy atom. The van der Waals surface area contributed by atoms with E-state index in [2.05, 4.69) is 47.6 Å². The van der Waals surface area contributed by atoms with Crippen molar-refractivity contribution in [2.24, 2.45) is 17.0 Å². The van der Waals surface area contributed by atoms with Gasteiger partial charge in [0, 0.05) is 28.6 Å². The van der Waals surface area contributed by atoms with Gasteiger partial charge >= 0.3 is 0 Å². The van der Waals surface area contributed by atoms with E-state index in [0.29, 0.717) is 34.7 Å². The molecule has 0 atom stereocenters. The van der Waals surface area contributed by atoms with Crippen molar-refractivity contribution in [2.45, 2.75) is 26.7 Å². The molecule has 0 aliphatic carbocycles. The lowest BCUT2D eigenvalue weighted by Gasteiger charge is -2.03. The van der Waals surface area contributed by atoms with Gasteiger partial charge in [0.1, 0.15) is 45.8 Å². The zero-order valence-corrected chi connectivity index (χ0v) is 30.4. The van der Waals surface area contributed by atoms with Crippen molar-refractivity contribution in [3.05, 3.63) is 24.3 Å². The number of nitrogens with zero attached hydrogens (tertiary/aromatic N) is 7. The van der Waals surface area contributed by atoms with Gasteiger partial charge < -0.3 is 14.0 Å². The predicted octanol–water partition coefficient (Wildman–Crippen LogP) is 11.2. The van der Waals surface area contributed by atoms with Gasteiger partial charge in [-0.1, -0.05) is 13.8 Å². The van der Waals surface area contributed by atoms with Crippen LogP contribution in [0.3, 0.4) is 0 Å². The number of nitriles is 4. The smallest absolute Gasteiger partial charge is 0.219 e. The molecular weight excluding hydrogens is 719 g/mol. The Hall–Kier alpha value is -4.58. The summed E-state index contributed by atoms with van der Waals surface area (Å²) in [5, 5.41) is 38.0. The molecule has 0 radical (unpaired) electrons. The summed E-state index contributed by atoms with van der Waals surface area (Å²) in [6.07, 6.45) is 1.71. The SMILES string of the molecule is CCCOc1cc(N=C(C#N)C#N)sc1-c1cc2sc3c4sc5cc(-c6sc(N=C(C#N)C#N)cc6OCCC)sc5c4n(C)c3c2s1. The quantitative estimate of drug-likeness (QED) is 0.128. The highest BCUT2D eigenvalue weighted by Gasteiger charge is 2.25. The van der Waals surface area contributed by atoms with Gasteiger partial charge in [-0.25, -0.2) is 9.98 Å². The predicted molar refractivity (Wildman–Crippen MR) is 202 cm³/mol. The Labute approximate surface area is 298 Å². The number of fused-ring (bicyclic) bond motifs is 7. The minimum absolute atomic E-state index is 0.185. The summed E-state index contributed by atoms with van der Waals surface area (Å²) in [6.45, 7) is 5.21. The van der Waals surface area contributed by atoms with Crippen LogP contribution in [0.4, 0.5) is 10.0 Å². The summed E-state index contributed by atoms with van der Waals surface area (Å²) < 4.78 is 21.8. The Bertz CT molecular complexity index is 2410. The molecule has 9 nitrogen and oxygen atoms in total. The van der Waals surface area contributed by atoms with Crippen LogP contribution in [-0.2, 0) is 7.05 Å². The van der Waals surface area contributed by atoms with Crippen LogP contribution >= 0.6 is 68.0 Å². The van der Waals surface area contributed by atoms with Crippen LogP contribution < -0.4 is 9.47 Å².